The van der Waals surface area contributed by atoms with Crippen LogP contribution in [0.1, 0.15) is 82.0 Å². The normalized spacial score (nSPS) is 11.7. The van der Waals surface area contributed by atoms with Crippen molar-refractivity contribution in [2.75, 3.05) is 0 Å². The van der Waals surface area contributed by atoms with Crippen molar-refractivity contribution in [1.29, 1.82) is 0 Å². The van der Waals surface area contributed by atoms with Crippen LogP contribution in [0.4, 0.5) is 0 Å². The summed E-state index contributed by atoms with van der Waals surface area (Å²) in [6, 6.07) is 30.1. The fourth-order valence-electron chi connectivity index (χ4n) is 5.36. The molecule has 0 saturated carbocycles. The predicted molar refractivity (Wildman–Crippen MR) is 168 cm³/mol. The third-order valence-corrected chi connectivity index (χ3v) is 7.34. The number of carbonyl (C=O) groups excluding carboxylic acids is 1. The summed E-state index contributed by atoms with van der Waals surface area (Å²) < 4.78 is 6.23. The number of hydrogen-bond donors (Lipinski definition) is 2. The third kappa shape index (κ3) is 8.81. The van der Waals surface area contributed by atoms with Gasteiger partial charge in [-0.2, -0.15) is 0 Å². The quantitative estimate of drug-likeness (QED) is 0.173. The Morgan fingerprint density at radius 1 is 0.810 bits per heavy atom. The third-order valence-electron chi connectivity index (χ3n) is 7.34. The van der Waals surface area contributed by atoms with Crippen molar-refractivity contribution >= 4 is 11.9 Å². The van der Waals surface area contributed by atoms with E-state index in [1.165, 1.54) is 11.1 Å². The van der Waals surface area contributed by atoms with Crippen molar-refractivity contribution in [2.24, 2.45) is 5.92 Å². The maximum Gasteiger partial charge on any atom is 0.303 e. The molecule has 0 heterocycles. The summed E-state index contributed by atoms with van der Waals surface area (Å²) in [7, 11) is 0. The molecule has 5 nitrogen and oxygen atoms in total. The summed E-state index contributed by atoms with van der Waals surface area (Å²) in [6.07, 6.45) is 1.79. The van der Waals surface area contributed by atoms with E-state index < -0.39 is 5.97 Å². The van der Waals surface area contributed by atoms with Gasteiger partial charge in [-0.25, -0.2) is 0 Å². The Bertz CT molecular complexity index is 1490. The van der Waals surface area contributed by atoms with E-state index in [1.807, 2.05) is 42.5 Å². The summed E-state index contributed by atoms with van der Waals surface area (Å²) in [5.74, 6) is -0.187. The summed E-state index contributed by atoms with van der Waals surface area (Å²) in [6.45, 7) is 8.77. The first-order chi connectivity index (χ1) is 20.2. The molecule has 2 N–H and O–H groups in total. The van der Waals surface area contributed by atoms with Gasteiger partial charge in [-0.3, -0.25) is 9.59 Å². The average molecular weight is 564 g/mol. The van der Waals surface area contributed by atoms with Gasteiger partial charge in [0.15, 0.2) is 0 Å². The summed E-state index contributed by atoms with van der Waals surface area (Å²) in [5, 5.41) is 12.6. The molecule has 1 atom stereocenters. The standard InChI is InChI=1S/C37H41NO4/c1-25(2)18-35(32-20-26(3)19-27(4)21-32)38-37(41)34-23-33(16-14-29(34)15-17-36(39)40)42-24-31-13-9-8-12-30(31)22-28-10-6-5-7-11-28/h5-14,16,19-21,23,25,35H,15,17-18,22,24H2,1-4H3,(H,38,41)(H,39,40). The number of benzene rings is 4. The molecule has 0 aliphatic rings. The van der Waals surface area contributed by atoms with Crippen LogP contribution in [0, 0.1) is 19.8 Å². The Labute approximate surface area is 249 Å². The molecule has 1 unspecified atom stereocenters. The Balaban J connectivity index is 1.58. The van der Waals surface area contributed by atoms with Crippen molar-refractivity contribution in [2.45, 2.75) is 66.0 Å². The fourth-order valence-corrected chi connectivity index (χ4v) is 5.36. The van der Waals surface area contributed by atoms with Crippen molar-refractivity contribution in [3.63, 3.8) is 0 Å². The fraction of sp³-hybridized carbons (Fsp3) is 0.297. The van der Waals surface area contributed by atoms with E-state index in [0.29, 0.717) is 29.4 Å². The second-order valence-electron chi connectivity index (χ2n) is 11.5. The minimum atomic E-state index is -0.898. The number of amides is 1. The van der Waals surface area contributed by atoms with Crippen molar-refractivity contribution in [3.8, 4) is 5.75 Å². The number of nitrogens with one attached hydrogen (secondary N) is 1. The summed E-state index contributed by atoms with van der Waals surface area (Å²) in [5.41, 5.74) is 8.01. The van der Waals surface area contributed by atoms with Crippen LogP contribution in [0.25, 0.3) is 0 Å². The molecule has 0 saturated heterocycles. The topological polar surface area (TPSA) is 75.6 Å². The highest BCUT2D eigenvalue weighted by molar-refractivity contribution is 5.96. The van der Waals surface area contributed by atoms with Gasteiger partial charge in [0.05, 0.1) is 6.04 Å². The average Bonchev–Trinajstić information content (AvgIpc) is 2.95. The molecule has 0 spiro atoms. The van der Waals surface area contributed by atoms with E-state index in [0.717, 1.165) is 35.1 Å². The van der Waals surface area contributed by atoms with Crippen LogP contribution in [0.3, 0.4) is 0 Å². The van der Waals surface area contributed by atoms with Crippen LogP contribution in [0.5, 0.6) is 5.75 Å². The van der Waals surface area contributed by atoms with Gasteiger partial charge in [-0.15, -0.1) is 0 Å². The molecule has 4 aromatic carbocycles. The van der Waals surface area contributed by atoms with Gasteiger partial charge in [-0.1, -0.05) is 104 Å². The van der Waals surface area contributed by atoms with Gasteiger partial charge in [0, 0.05) is 12.0 Å². The Kier molecular flexibility index (Phi) is 10.6. The number of ether oxygens (including phenoxy) is 1. The Morgan fingerprint density at radius 3 is 2.14 bits per heavy atom. The highest BCUT2D eigenvalue weighted by Gasteiger charge is 2.21. The lowest BCUT2D eigenvalue weighted by atomic mass is 9.93. The lowest BCUT2D eigenvalue weighted by Crippen LogP contribution is -2.30. The maximum absolute atomic E-state index is 13.8. The monoisotopic (exact) mass is 563 g/mol. The number of carboxylic acids is 1. The first-order valence-corrected chi connectivity index (χ1v) is 14.6. The Morgan fingerprint density at radius 2 is 1.48 bits per heavy atom. The number of rotatable bonds is 13. The van der Waals surface area contributed by atoms with Crippen LogP contribution in [-0.2, 0) is 24.2 Å². The molecule has 0 radical (unpaired) electrons. The summed E-state index contributed by atoms with van der Waals surface area (Å²) >= 11 is 0. The molecular formula is C37H41NO4. The summed E-state index contributed by atoms with van der Waals surface area (Å²) in [4.78, 5) is 25.2. The van der Waals surface area contributed by atoms with E-state index in [4.69, 9.17) is 4.74 Å². The van der Waals surface area contributed by atoms with Crippen LogP contribution in [0.2, 0.25) is 0 Å². The van der Waals surface area contributed by atoms with Crippen LogP contribution >= 0.6 is 0 Å². The Hall–Kier alpha value is -4.38. The molecule has 5 heteroatoms. The predicted octanol–water partition coefficient (Wildman–Crippen LogP) is 8.01. The minimum absolute atomic E-state index is 0.0557. The lowest BCUT2D eigenvalue weighted by Gasteiger charge is -2.23. The molecule has 0 aliphatic heterocycles. The van der Waals surface area contributed by atoms with E-state index in [-0.39, 0.29) is 24.8 Å². The van der Waals surface area contributed by atoms with Crippen molar-refractivity contribution in [1.82, 2.24) is 5.32 Å². The number of aryl methyl sites for hydroxylation is 3. The van der Waals surface area contributed by atoms with Crippen LogP contribution < -0.4 is 10.1 Å². The van der Waals surface area contributed by atoms with E-state index in [2.05, 4.69) is 75.5 Å². The highest BCUT2D eigenvalue weighted by atomic mass is 16.5. The minimum Gasteiger partial charge on any atom is -0.489 e. The zero-order chi connectivity index (χ0) is 30.1. The maximum atomic E-state index is 13.8. The first-order valence-electron chi connectivity index (χ1n) is 14.6. The molecule has 218 valence electrons. The molecule has 0 fully saturated rings. The van der Waals surface area contributed by atoms with Gasteiger partial charge in [0.2, 0.25) is 0 Å². The molecule has 42 heavy (non-hydrogen) atoms. The molecule has 1 amide bonds. The zero-order valence-electron chi connectivity index (χ0n) is 25.0. The van der Waals surface area contributed by atoms with Gasteiger partial charge in [0.1, 0.15) is 12.4 Å². The molecular weight excluding hydrogens is 522 g/mol. The first kappa shape index (κ1) is 30.6. The van der Waals surface area contributed by atoms with Gasteiger partial charge in [-0.05, 0) is 79.0 Å². The van der Waals surface area contributed by atoms with E-state index >= 15 is 0 Å². The van der Waals surface area contributed by atoms with Crippen LogP contribution in [0.15, 0.2) is 91.0 Å². The van der Waals surface area contributed by atoms with E-state index in [1.54, 1.807) is 6.07 Å². The SMILES string of the molecule is Cc1cc(C)cc(C(CC(C)C)NC(=O)c2cc(OCc3ccccc3Cc3ccccc3)ccc2CCC(=O)O)c1. The number of hydrogen-bond acceptors (Lipinski definition) is 3. The molecule has 4 aromatic rings. The lowest BCUT2D eigenvalue weighted by molar-refractivity contribution is -0.136. The van der Waals surface area contributed by atoms with Crippen molar-refractivity contribution < 1.29 is 19.4 Å². The number of carboxylic acid groups (broad SMARTS) is 1. The second-order valence-corrected chi connectivity index (χ2v) is 11.5. The van der Waals surface area contributed by atoms with Gasteiger partial charge < -0.3 is 15.2 Å². The van der Waals surface area contributed by atoms with Gasteiger partial charge >= 0.3 is 5.97 Å². The zero-order valence-corrected chi connectivity index (χ0v) is 25.0. The molecule has 0 bridgehead atoms. The number of aliphatic carboxylic acids is 1. The molecule has 4 rings (SSSR count). The molecule has 0 aromatic heterocycles. The second kappa shape index (κ2) is 14.5. The smallest absolute Gasteiger partial charge is 0.303 e. The van der Waals surface area contributed by atoms with Crippen LogP contribution in [-0.4, -0.2) is 17.0 Å². The highest BCUT2D eigenvalue weighted by Crippen LogP contribution is 2.27. The van der Waals surface area contributed by atoms with Gasteiger partial charge in [0.25, 0.3) is 5.91 Å². The number of carbonyl (C=O) groups is 2. The van der Waals surface area contributed by atoms with E-state index in [9.17, 15) is 14.7 Å². The molecule has 0 aliphatic carbocycles. The largest absolute Gasteiger partial charge is 0.489 e. The van der Waals surface area contributed by atoms with Crippen molar-refractivity contribution in [3.05, 3.63) is 136 Å².